The van der Waals surface area contributed by atoms with Gasteiger partial charge < -0.3 is 5.11 Å². The number of phenolic OH excluding ortho intramolecular Hbond substituents is 1. The topological polar surface area (TPSA) is 50.9 Å². The Morgan fingerprint density at radius 2 is 1.24 bits per heavy atom. The molecule has 0 bridgehead atoms. The van der Waals surface area contributed by atoms with Crippen molar-refractivity contribution in [1.29, 1.82) is 0 Å². The monoisotopic (exact) mass is 1040 g/mol. The molecule has 5 heteroatoms. The first-order valence-electron chi connectivity index (χ1n) is 23.2. The van der Waals surface area contributed by atoms with E-state index in [1.165, 1.54) is 47.9 Å². The standard InChI is InChI=1S/C61H56N3O.Pt/c1-60(2,3)50-38-46(36-47(39-50)54-40-45(32-33-62-54)44-22-16-25-49(37-44)61(4,5)48-23-10-7-11-24-48)51-27-17-28-56-58(51)63-59(52-26-14-15-29-57(52)65)64(56)55-31-30-42(34-41-18-12-13-19-41)35-53(55)43-20-8-6-9-21-43;/h6-11,14-17,20-33,35,37-41,65H,12-13,18-19,34H2,1-5H3;/q-1;. The van der Waals surface area contributed by atoms with Gasteiger partial charge in [0.2, 0.25) is 0 Å². The Hall–Kier alpha value is -6.35. The van der Waals surface area contributed by atoms with Crippen molar-refractivity contribution in [3.8, 4) is 67.5 Å². The molecule has 332 valence electrons. The molecule has 1 N–H and O–H groups in total. The van der Waals surface area contributed by atoms with E-state index in [4.69, 9.17) is 9.97 Å². The summed E-state index contributed by atoms with van der Waals surface area (Å²) in [7, 11) is 0. The Morgan fingerprint density at radius 1 is 0.591 bits per heavy atom. The van der Waals surface area contributed by atoms with Crippen LogP contribution < -0.4 is 0 Å². The fraction of sp³-hybridized carbons (Fsp3) is 0.213. The summed E-state index contributed by atoms with van der Waals surface area (Å²) in [5, 5.41) is 11.5. The van der Waals surface area contributed by atoms with Gasteiger partial charge in [0.1, 0.15) is 11.6 Å². The van der Waals surface area contributed by atoms with Gasteiger partial charge in [-0.2, -0.15) is 0 Å². The number of rotatable bonds is 10. The average Bonchev–Trinajstić information content (AvgIpc) is 4.00. The molecule has 1 aliphatic carbocycles. The number of aromatic hydroxyl groups is 1. The van der Waals surface area contributed by atoms with Gasteiger partial charge in [-0.1, -0.05) is 193 Å². The first-order valence-corrected chi connectivity index (χ1v) is 23.2. The molecular formula is C61H56N3OPt-. The summed E-state index contributed by atoms with van der Waals surface area (Å²) < 4.78 is 2.25. The van der Waals surface area contributed by atoms with Gasteiger partial charge in [-0.25, -0.2) is 4.98 Å². The molecule has 0 atom stereocenters. The van der Waals surface area contributed by atoms with Crippen LogP contribution in [0.5, 0.6) is 5.75 Å². The van der Waals surface area contributed by atoms with Crippen LogP contribution in [0.3, 0.4) is 0 Å². The number of pyridine rings is 1. The molecule has 2 aromatic heterocycles. The van der Waals surface area contributed by atoms with E-state index < -0.39 is 0 Å². The third kappa shape index (κ3) is 8.84. The largest absolute Gasteiger partial charge is 0.507 e. The summed E-state index contributed by atoms with van der Waals surface area (Å²) in [6.07, 6.45) is 8.25. The number of hydrogen-bond acceptors (Lipinski definition) is 3. The Balaban J connectivity index is 0.00000548. The Kier molecular flexibility index (Phi) is 12.6. The van der Waals surface area contributed by atoms with Crippen LogP contribution in [0.4, 0.5) is 0 Å². The van der Waals surface area contributed by atoms with Crippen molar-refractivity contribution in [1.82, 2.24) is 14.5 Å². The number of nitrogens with zero attached hydrogens (tertiary/aromatic N) is 3. The number of para-hydroxylation sites is 2. The minimum Gasteiger partial charge on any atom is -0.507 e. The van der Waals surface area contributed by atoms with Crippen LogP contribution in [0.1, 0.15) is 82.6 Å². The minimum atomic E-state index is -0.161. The second-order valence-electron chi connectivity index (χ2n) is 19.5. The van der Waals surface area contributed by atoms with Gasteiger partial charge in [-0.15, -0.1) is 29.3 Å². The molecule has 0 radical (unpaired) electrons. The third-order valence-corrected chi connectivity index (χ3v) is 13.7. The van der Waals surface area contributed by atoms with Crippen molar-refractivity contribution < 1.29 is 26.2 Å². The maximum absolute atomic E-state index is 11.5. The second kappa shape index (κ2) is 18.5. The van der Waals surface area contributed by atoms with Gasteiger partial charge in [-0.3, -0.25) is 9.55 Å². The average molecular weight is 1040 g/mol. The van der Waals surface area contributed by atoms with Crippen LogP contribution in [0.25, 0.3) is 72.7 Å². The normalized spacial score (nSPS) is 13.2. The van der Waals surface area contributed by atoms with Crippen LogP contribution in [-0.4, -0.2) is 19.6 Å². The molecule has 0 unspecified atom stereocenters. The van der Waals surface area contributed by atoms with Gasteiger partial charge in [0.25, 0.3) is 0 Å². The van der Waals surface area contributed by atoms with Crippen molar-refractivity contribution in [3.05, 3.63) is 204 Å². The van der Waals surface area contributed by atoms with Crippen molar-refractivity contribution in [3.63, 3.8) is 0 Å². The van der Waals surface area contributed by atoms with E-state index in [2.05, 4.69) is 191 Å². The Bertz CT molecular complexity index is 3160. The zero-order valence-electron chi connectivity index (χ0n) is 38.5. The predicted molar refractivity (Wildman–Crippen MR) is 269 cm³/mol. The molecule has 1 saturated carbocycles. The number of aromatic nitrogens is 3. The molecule has 66 heavy (non-hydrogen) atoms. The predicted octanol–water partition coefficient (Wildman–Crippen LogP) is 15.6. The molecule has 2 heterocycles. The Morgan fingerprint density at radius 3 is 2.00 bits per heavy atom. The summed E-state index contributed by atoms with van der Waals surface area (Å²) in [5.74, 6) is 1.60. The summed E-state index contributed by atoms with van der Waals surface area (Å²) in [5.41, 5.74) is 16.5. The maximum atomic E-state index is 11.5. The zero-order chi connectivity index (χ0) is 44.7. The molecule has 0 spiro atoms. The van der Waals surface area contributed by atoms with Crippen LogP contribution in [0.15, 0.2) is 176 Å². The fourth-order valence-electron chi connectivity index (χ4n) is 9.86. The van der Waals surface area contributed by atoms with Crippen LogP contribution >= 0.6 is 0 Å². The molecular weight excluding hydrogens is 986 g/mol. The first-order chi connectivity index (χ1) is 31.5. The second-order valence-corrected chi connectivity index (χ2v) is 19.5. The van der Waals surface area contributed by atoms with Crippen molar-refractivity contribution in [2.45, 2.75) is 77.6 Å². The molecule has 4 nitrogen and oxygen atoms in total. The van der Waals surface area contributed by atoms with Crippen LogP contribution in [0, 0.1) is 12.0 Å². The van der Waals surface area contributed by atoms with Crippen molar-refractivity contribution >= 4 is 11.0 Å². The molecule has 1 aliphatic rings. The van der Waals surface area contributed by atoms with E-state index in [0.717, 1.165) is 73.7 Å². The molecule has 1 fully saturated rings. The van der Waals surface area contributed by atoms with Gasteiger partial charge in [0.05, 0.1) is 22.3 Å². The van der Waals surface area contributed by atoms with E-state index in [1.807, 2.05) is 24.4 Å². The summed E-state index contributed by atoms with van der Waals surface area (Å²) >= 11 is 0. The maximum Gasteiger partial charge on any atom is 0.148 e. The molecule has 10 rings (SSSR count). The molecule has 0 saturated heterocycles. The smallest absolute Gasteiger partial charge is 0.148 e. The summed E-state index contributed by atoms with van der Waals surface area (Å²) in [6.45, 7) is 11.4. The number of phenols is 1. The van der Waals surface area contributed by atoms with Gasteiger partial charge in [0.15, 0.2) is 0 Å². The zero-order valence-corrected chi connectivity index (χ0v) is 40.7. The number of benzene rings is 7. The number of imidazole rings is 1. The van der Waals surface area contributed by atoms with E-state index >= 15 is 0 Å². The third-order valence-electron chi connectivity index (χ3n) is 13.7. The van der Waals surface area contributed by atoms with E-state index in [0.29, 0.717) is 11.4 Å². The van der Waals surface area contributed by atoms with Gasteiger partial charge >= 0.3 is 0 Å². The fourth-order valence-corrected chi connectivity index (χ4v) is 9.86. The minimum absolute atomic E-state index is 0. The molecule has 7 aromatic carbocycles. The number of hydrogen-bond donors (Lipinski definition) is 1. The van der Waals surface area contributed by atoms with E-state index in [9.17, 15) is 5.11 Å². The van der Waals surface area contributed by atoms with Gasteiger partial charge in [0, 0.05) is 43.9 Å². The van der Waals surface area contributed by atoms with Crippen LogP contribution in [0.2, 0.25) is 0 Å². The quantitative estimate of drug-likeness (QED) is 0.139. The van der Waals surface area contributed by atoms with Gasteiger partial charge in [-0.05, 0) is 87.5 Å². The van der Waals surface area contributed by atoms with Crippen molar-refractivity contribution in [2.75, 3.05) is 0 Å². The Labute approximate surface area is 404 Å². The molecule has 0 aliphatic heterocycles. The van der Waals surface area contributed by atoms with Crippen molar-refractivity contribution in [2.24, 2.45) is 5.92 Å². The summed E-state index contributed by atoms with van der Waals surface area (Å²) in [6, 6.07) is 63.9. The van der Waals surface area contributed by atoms with E-state index in [-0.39, 0.29) is 37.6 Å². The van der Waals surface area contributed by atoms with Crippen LogP contribution in [-0.2, 0) is 38.3 Å². The SMILES string of the molecule is CC(C)(C)c1cc(-c2cc(-c3cccc(C(C)(C)c4ccccc4)c3)ccn2)[c-]c(-c2cccc3c2nc(-c2ccccc2O)n3-c2ccc(CC3CCCC3)cc2-c2ccccc2)c1.[Pt]. The molecule has 9 aromatic rings. The van der Waals surface area contributed by atoms with E-state index in [1.54, 1.807) is 6.07 Å². The number of fused-ring (bicyclic) bond motifs is 1. The molecule has 0 amide bonds. The first kappa shape index (κ1) is 44.8. The summed E-state index contributed by atoms with van der Waals surface area (Å²) in [4.78, 5) is 10.5.